The summed E-state index contributed by atoms with van der Waals surface area (Å²) in [6.07, 6.45) is 4.26. The quantitative estimate of drug-likeness (QED) is 0.886. The summed E-state index contributed by atoms with van der Waals surface area (Å²) in [5, 5.41) is 0. The monoisotopic (exact) mass is 276 g/mol. The van der Waals surface area contributed by atoms with Gasteiger partial charge in [0.2, 0.25) is 0 Å². The third-order valence-electron chi connectivity index (χ3n) is 4.39. The Labute approximate surface area is 120 Å². The Hall–Kier alpha value is -1.17. The molecule has 5 heteroatoms. The van der Waals surface area contributed by atoms with Crippen LogP contribution in [0.4, 0.5) is 5.82 Å². The molecular formula is C15H24N4O. The van der Waals surface area contributed by atoms with Gasteiger partial charge in [-0.1, -0.05) is 6.07 Å². The van der Waals surface area contributed by atoms with Crippen molar-refractivity contribution in [1.29, 1.82) is 0 Å². The highest BCUT2D eigenvalue weighted by atomic mass is 16.5. The fourth-order valence-corrected chi connectivity index (χ4v) is 3.09. The molecule has 3 rings (SSSR count). The van der Waals surface area contributed by atoms with Crippen LogP contribution in [0.25, 0.3) is 0 Å². The largest absolute Gasteiger partial charge is 0.381 e. The number of hydrogen-bond acceptors (Lipinski definition) is 5. The summed E-state index contributed by atoms with van der Waals surface area (Å²) in [5.41, 5.74) is 6.70. The second kappa shape index (κ2) is 6.52. The highest BCUT2D eigenvalue weighted by Gasteiger charge is 2.25. The number of anilines is 1. The highest BCUT2D eigenvalue weighted by Crippen LogP contribution is 2.19. The molecule has 0 bridgehead atoms. The van der Waals surface area contributed by atoms with Crippen LogP contribution < -0.4 is 10.6 Å². The molecule has 0 aliphatic carbocycles. The van der Waals surface area contributed by atoms with Crippen molar-refractivity contribution in [2.75, 3.05) is 44.3 Å². The van der Waals surface area contributed by atoms with E-state index in [2.05, 4.69) is 26.9 Å². The van der Waals surface area contributed by atoms with Crippen LogP contribution >= 0.6 is 0 Å². The lowest BCUT2D eigenvalue weighted by Gasteiger charge is -2.41. The molecule has 0 radical (unpaired) electrons. The summed E-state index contributed by atoms with van der Waals surface area (Å²) in [4.78, 5) is 9.51. The standard InChI is InChI=1S/C15H24N4O/c16-11-13-1-2-15(17-12-13)19-7-5-18(6-8-19)14-3-9-20-10-4-14/h1-2,12,14H,3-11,16H2. The van der Waals surface area contributed by atoms with E-state index in [9.17, 15) is 0 Å². The minimum atomic E-state index is 0.560. The molecule has 1 aromatic rings. The number of ether oxygens (including phenoxy) is 1. The maximum Gasteiger partial charge on any atom is 0.128 e. The number of pyridine rings is 1. The number of aromatic nitrogens is 1. The molecule has 2 fully saturated rings. The molecule has 0 spiro atoms. The summed E-state index contributed by atoms with van der Waals surface area (Å²) in [5.74, 6) is 1.08. The molecule has 0 atom stereocenters. The van der Waals surface area contributed by atoms with Gasteiger partial charge in [-0.3, -0.25) is 4.90 Å². The van der Waals surface area contributed by atoms with E-state index in [-0.39, 0.29) is 0 Å². The molecule has 0 amide bonds. The van der Waals surface area contributed by atoms with Crippen molar-refractivity contribution in [2.24, 2.45) is 5.73 Å². The van der Waals surface area contributed by atoms with Crippen LogP contribution in [0.5, 0.6) is 0 Å². The van der Waals surface area contributed by atoms with Gasteiger partial charge in [0.1, 0.15) is 5.82 Å². The lowest BCUT2D eigenvalue weighted by atomic mass is 10.1. The Balaban J connectivity index is 1.54. The first-order chi connectivity index (χ1) is 9.86. The molecule has 110 valence electrons. The third-order valence-corrected chi connectivity index (χ3v) is 4.39. The van der Waals surface area contributed by atoms with Gasteiger partial charge in [0.05, 0.1) is 0 Å². The van der Waals surface area contributed by atoms with Crippen molar-refractivity contribution in [3.8, 4) is 0 Å². The van der Waals surface area contributed by atoms with Crippen molar-refractivity contribution >= 4 is 5.82 Å². The number of hydrogen-bond donors (Lipinski definition) is 1. The van der Waals surface area contributed by atoms with E-state index >= 15 is 0 Å². The molecule has 2 N–H and O–H groups in total. The summed E-state index contributed by atoms with van der Waals surface area (Å²) >= 11 is 0. The second-order valence-corrected chi connectivity index (χ2v) is 5.60. The molecule has 1 aromatic heterocycles. The van der Waals surface area contributed by atoms with Crippen LogP contribution in [0.1, 0.15) is 18.4 Å². The first-order valence-corrected chi connectivity index (χ1v) is 7.58. The fraction of sp³-hybridized carbons (Fsp3) is 0.667. The highest BCUT2D eigenvalue weighted by molar-refractivity contribution is 5.39. The van der Waals surface area contributed by atoms with Gasteiger partial charge in [0.15, 0.2) is 0 Å². The average molecular weight is 276 g/mol. The van der Waals surface area contributed by atoms with Crippen molar-refractivity contribution in [1.82, 2.24) is 9.88 Å². The summed E-state index contributed by atoms with van der Waals surface area (Å²) in [6.45, 7) is 6.79. The lowest BCUT2D eigenvalue weighted by molar-refractivity contribution is 0.0321. The van der Waals surface area contributed by atoms with E-state index in [0.29, 0.717) is 6.54 Å². The maximum atomic E-state index is 5.61. The van der Waals surface area contributed by atoms with Gasteiger partial charge >= 0.3 is 0 Å². The van der Waals surface area contributed by atoms with Crippen LogP contribution in [0.15, 0.2) is 18.3 Å². The van der Waals surface area contributed by atoms with Gasteiger partial charge in [0.25, 0.3) is 0 Å². The van der Waals surface area contributed by atoms with Crippen molar-refractivity contribution in [3.63, 3.8) is 0 Å². The van der Waals surface area contributed by atoms with Gasteiger partial charge in [-0.2, -0.15) is 0 Å². The minimum Gasteiger partial charge on any atom is -0.381 e. The topological polar surface area (TPSA) is 54.6 Å². The Bertz CT molecular complexity index is 408. The molecule has 0 saturated carbocycles. The Morgan fingerprint density at radius 1 is 1.15 bits per heavy atom. The van der Waals surface area contributed by atoms with Crippen molar-refractivity contribution in [2.45, 2.75) is 25.4 Å². The Morgan fingerprint density at radius 3 is 2.50 bits per heavy atom. The fourth-order valence-electron chi connectivity index (χ4n) is 3.09. The molecule has 3 heterocycles. The van der Waals surface area contributed by atoms with Crippen molar-refractivity contribution in [3.05, 3.63) is 23.9 Å². The molecule has 0 aromatic carbocycles. The smallest absolute Gasteiger partial charge is 0.128 e. The van der Waals surface area contributed by atoms with E-state index in [1.165, 1.54) is 12.8 Å². The van der Waals surface area contributed by atoms with Crippen LogP contribution in [-0.4, -0.2) is 55.3 Å². The number of piperazine rings is 1. The lowest BCUT2D eigenvalue weighted by Crippen LogP contribution is -2.51. The van der Waals surface area contributed by atoms with E-state index < -0.39 is 0 Å². The molecular weight excluding hydrogens is 252 g/mol. The molecule has 0 unspecified atom stereocenters. The average Bonchev–Trinajstić information content (AvgIpc) is 2.56. The van der Waals surface area contributed by atoms with Crippen LogP contribution in [-0.2, 0) is 11.3 Å². The summed E-state index contributed by atoms with van der Waals surface area (Å²) in [6, 6.07) is 4.89. The molecule has 2 aliphatic rings. The molecule has 20 heavy (non-hydrogen) atoms. The van der Waals surface area contributed by atoms with Gasteiger partial charge in [0, 0.05) is 58.2 Å². The SMILES string of the molecule is NCc1ccc(N2CCN(C3CCOCC3)CC2)nc1. The molecule has 5 nitrogen and oxygen atoms in total. The number of nitrogens with two attached hydrogens (primary N) is 1. The van der Waals surface area contributed by atoms with Crippen LogP contribution in [0.2, 0.25) is 0 Å². The van der Waals surface area contributed by atoms with Crippen LogP contribution in [0, 0.1) is 0 Å². The molecule has 2 saturated heterocycles. The van der Waals surface area contributed by atoms with Gasteiger partial charge in [-0.05, 0) is 24.5 Å². The zero-order valence-corrected chi connectivity index (χ0v) is 12.0. The summed E-state index contributed by atoms with van der Waals surface area (Å²) < 4.78 is 5.45. The number of nitrogens with zero attached hydrogens (tertiary/aromatic N) is 3. The first kappa shape index (κ1) is 13.8. The normalized spacial score (nSPS) is 22.1. The maximum absolute atomic E-state index is 5.61. The zero-order valence-electron chi connectivity index (χ0n) is 12.0. The van der Waals surface area contributed by atoms with E-state index in [1.807, 2.05) is 6.20 Å². The minimum absolute atomic E-state index is 0.560. The first-order valence-electron chi connectivity index (χ1n) is 7.58. The zero-order chi connectivity index (χ0) is 13.8. The Kier molecular flexibility index (Phi) is 4.50. The number of rotatable bonds is 3. The molecule has 2 aliphatic heterocycles. The van der Waals surface area contributed by atoms with Crippen LogP contribution in [0.3, 0.4) is 0 Å². The van der Waals surface area contributed by atoms with Gasteiger partial charge in [-0.15, -0.1) is 0 Å². The van der Waals surface area contributed by atoms with E-state index in [1.54, 1.807) is 0 Å². The van der Waals surface area contributed by atoms with E-state index in [0.717, 1.165) is 56.8 Å². The van der Waals surface area contributed by atoms with E-state index in [4.69, 9.17) is 10.5 Å². The second-order valence-electron chi connectivity index (χ2n) is 5.60. The van der Waals surface area contributed by atoms with Crippen molar-refractivity contribution < 1.29 is 4.74 Å². The predicted octanol–water partition coefficient (Wildman–Crippen LogP) is 0.841. The van der Waals surface area contributed by atoms with Gasteiger partial charge in [-0.25, -0.2) is 4.98 Å². The third kappa shape index (κ3) is 3.11. The predicted molar refractivity (Wildman–Crippen MR) is 79.8 cm³/mol. The summed E-state index contributed by atoms with van der Waals surface area (Å²) in [7, 11) is 0. The Morgan fingerprint density at radius 2 is 1.90 bits per heavy atom. The van der Waals surface area contributed by atoms with Gasteiger partial charge < -0.3 is 15.4 Å².